The topological polar surface area (TPSA) is 96.2 Å². The molecule has 27 heavy (non-hydrogen) atoms. The van der Waals surface area contributed by atoms with Gasteiger partial charge < -0.3 is 15.1 Å². The molecule has 2 N–H and O–H groups in total. The van der Waals surface area contributed by atoms with Crippen molar-refractivity contribution in [2.75, 3.05) is 6.61 Å². The van der Waals surface area contributed by atoms with Gasteiger partial charge in [0.2, 0.25) is 6.61 Å². The Morgan fingerprint density at radius 2 is 2.07 bits per heavy atom. The molecule has 3 fully saturated rings. The summed E-state index contributed by atoms with van der Waals surface area (Å²) in [6.07, 6.45) is 10.5. The highest BCUT2D eigenvalue weighted by Crippen LogP contribution is 2.64. The number of nitrogens with zero attached hydrogens (tertiary/aromatic N) is 1. The SMILES string of the molecule is CC12CCC3C(CCC4=CC(=O)CCC43C=NOCC(=O)O)C1CC[C@@H]2O. The van der Waals surface area contributed by atoms with Crippen LogP contribution in [0.25, 0.3) is 0 Å². The number of aliphatic hydroxyl groups is 1. The third-order valence-electron chi connectivity index (χ3n) is 8.06. The van der Waals surface area contributed by atoms with Crippen LogP contribution < -0.4 is 0 Å². The summed E-state index contributed by atoms with van der Waals surface area (Å²) in [7, 11) is 0. The van der Waals surface area contributed by atoms with Gasteiger partial charge >= 0.3 is 5.97 Å². The predicted molar refractivity (Wildman–Crippen MR) is 99.1 cm³/mol. The highest BCUT2D eigenvalue weighted by Gasteiger charge is 2.59. The molecule has 0 aliphatic heterocycles. The Bertz CT molecular complexity index is 701. The number of hydrogen-bond acceptors (Lipinski definition) is 5. The molecule has 6 atom stereocenters. The molecule has 6 nitrogen and oxygen atoms in total. The van der Waals surface area contributed by atoms with E-state index in [0.717, 1.165) is 50.5 Å². The molecule has 0 aromatic carbocycles. The van der Waals surface area contributed by atoms with Crippen molar-refractivity contribution >= 4 is 18.0 Å². The molecule has 0 aromatic heterocycles. The minimum absolute atomic E-state index is 0.00497. The van der Waals surface area contributed by atoms with Gasteiger partial charge in [-0.3, -0.25) is 4.79 Å². The number of rotatable bonds is 4. The molecule has 4 rings (SSSR count). The second-order valence-corrected chi connectivity index (χ2v) is 9.13. The van der Waals surface area contributed by atoms with Crippen molar-refractivity contribution < 1.29 is 24.6 Å². The number of aliphatic carboxylic acids is 1. The van der Waals surface area contributed by atoms with Crippen LogP contribution in [0, 0.1) is 28.6 Å². The Labute approximate surface area is 159 Å². The molecule has 0 aromatic rings. The number of carboxylic acids is 1. The minimum Gasteiger partial charge on any atom is -0.479 e. The van der Waals surface area contributed by atoms with Crippen molar-refractivity contribution in [2.24, 2.45) is 33.7 Å². The van der Waals surface area contributed by atoms with E-state index in [0.29, 0.717) is 24.2 Å². The Morgan fingerprint density at radius 1 is 1.26 bits per heavy atom. The van der Waals surface area contributed by atoms with Gasteiger partial charge in [0, 0.05) is 11.8 Å². The van der Waals surface area contributed by atoms with Crippen LogP contribution in [0.2, 0.25) is 0 Å². The van der Waals surface area contributed by atoms with Gasteiger partial charge in [0.15, 0.2) is 5.78 Å². The molecule has 4 aliphatic carbocycles. The van der Waals surface area contributed by atoms with Gasteiger partial charge in [0.05, 0.1) is 12.3 Å². The molecule has 5 unspecified atom stereocenters. The summed E-state index contributed by atoms with van der Waals surface area (Å²) in [5.74, 6) is 0.531. The zero-order valence-corrected chi connectivity index (χ0v) is 15.9. The number of aliphatic hydroxyl groups excluding tert-OH is 1. The normalized spacial score (nSPS) is 43.6. The van der Waals surface area contributed by atoms with E-state index in [1.165, 1.54) is 0 Å². The average molecular weight is 375 g/mol. The monoisotopic (exact) mass is 375 g/mol. The molecule has 0 amide bonds. The number of ketones is 1. The largest absolute Gasteiger partial charge is 0.479 e. The van der Waals surface area contributed by atoms with Crippen LogP contribution in [-0.2, 0) is 14.4 Å². The number of fused-ring (bicyclic) bond motifs is 5. The second-order valence-electron chi connectivity index (χ2n) is 9.13. The number of carbonyl (C=O) groups is 2. The Balaban J connectivity index is 1.66. The number of hydrogen-bond donors (Lipinski definition) is 2. The fourth-order valence-electron chi connectivity index (χ4n) is 6.71. The molecule has 6 heteroatoms. The van der Waals surface area contributed by atoms with Crippen LogP contribution in [0.15, 0.2) is 16.8 Å². The fraction of sp³-hybridized carbons (Fsp3) is 0.762. The summed E-state index contributed by atoms with van der Waals surface area (Å²) in [5, 5.41) is 23.4. The summed E-state index contributed by atoms with van der Waals surface area (Å²) in [6.45, 7) is 1.80. The fourth-order valence-corrected chi connectivity index (χ4v) is 6.71. The lowest BCUT2D eigenvalue weighted by molar-refractivity contribution is -0.142. The third kappa shape index (κ3) is 2.93. The first-order valence-electron chi connectivity index (χ1n) is 10.2. The van der Waals surface area contributed by atoms with E-state index in [-0.39, 0.29) is 22.7 Å². The number of allylic oxidation sites excluding steroid dienone is 1. The van der Waals surface area contributed by atoms with Crippen molar-refractivity contribution in [1.29, 1.82) is 0 Å². The summed E-state index contributed by atoms with van der Waals surface area (Å²) < 4.78 is 0. The smallest absolute Gasteiger partial charge is 0.344 e. The molecule has 4 aliphatic rings. The van der Waals surface area contributed by atoms with Gasteiger partial charge in [-0.25, -0.2) is 4.79 Å². The number of oxime groups is 1. The second kappa shape index (κ2) is 6.73. The highest BCUT2D eigenvalue weighted by atomic mass is 16.6. The predicted octanol–water partition coefficient (Wildman–Crippen LogP) is 2.95. The van der Waals surface area contributed by atoms with Gasteiger partial charge in [-0.15, -0.1) is 0 Å². The maximum atomic E-state index is 12.1. The molecule has 0 heterocycles. The Kier molecular flexibility index (Phi) is 4.65. The summed E-state index contributed by atoms with van der Waals surface area (Å²) in [6, 6.07) is 0. The van der Waals surface area contributed by atoms with Gasteiger partial charge in [0.25, 0.3) is 0 Å². The van der Waals surface area contributed by atoms with Crippen LogP contribution in [0.1, 0.15) is 58.3 Å². The number of carbonyl (C=O) groups excluding carboxylic acids is 1. The first-order valence-corrected chi connectivity index (χ1v) is 10.2. The zero-order chi connectivity index (χ0) is 19.2. The molecule has 0 bridgehead atoms. The summed E-state index contributed by atoms with van der Waals surface area (Å²) in [5.41, 5.74) is 0.847. The summed E-state index contributed by atoms with van der Waals surface area (Å²) >= 11 is 0. The van der Waals surface area contributed by atoms with Crippen molar-refractivity contribution in [2.45, 2.75) is 64.4 Å². The van der Waals surface area contributed by atoms with Crippen LogP contribution >= 0.6 is 0 Å². The van der Waals surface area contributed by atoms with E-state index >= 15 is 0 Å². The van der Waals surface area contributed by atoms with E-state index in [1.54, 1.807) is 12.3 Å². The van der Waals surface area contributed by atoms with E-state index in [1.807, 2.05) is 0 Å². The quantitative estimate of drug-likeness (QED) is 0.582. The lowest BCUT2D eigenvalue weighted by atomic mass is 9.47. The van der Waals surface area contributed by atoms with Crippen molar-refractivity contribution in [3.63, 3.8) is 0 Å². The molecule has 0 radical (unpaired) electrons. The van der Waals surface area contributed by atoms with Crippen molar-refractivity contribution in [3.05, 3.63) is 11.6 Å². The molecule has 0 saturated heterocycles. The van der Waals surface area contributed by atoms with E-state index in [9.17, 15) is 14.7 Å². The lowest BCUT2D eigenvalue weighted by Crippen LogP contribution is -2.52. The number of carboxylic acid groups (broad SMARTS) is 1. The molecule has 3 saturated carbocycles. The standard InChI is InChI=1S/C21H29NO5/c1-20-8-7-17-15(16(20)4-5-18(20)24)3-2-13-10-14(23)6-9-21(13,17)12-22-27-11-19(25)26/h10,12,15-18,24H,2-9,11H2,1H3,(H,25,26)/t15?,16?,17?,18-,20?,21?/m0/s1. The third-order valence-corrected chi connectivity index (χ3v) is 8.06. The van der Waals surface area contributed by atoms with Crippen molar-refractivity contribution in [3.8, 4) is 0 Å². The molecule has 0 spiro atoms. The molecular formula is C21H29NO5. The average Bonchev–Trinajstić information content (AvgIpc) is 2.94. The van der Waals surface area contributed by atoms with Crippen LogP contribution in [0.5, 0.6) is 0 Å². The Hall–Kier alpha value is -1.69. The first-order chi connectivity index (χ1) is 12.9. The van der Waals surface area contributed by atoms with Gasteiger partial charge in [-0.05, 0) is 74.2 Å². The van der Waals surface area contributed by atoms with Gasteiger partial charge in [0.1, 0.15) is 0 Å². The zero-order valence-electron chi connectivity index (χ0n) is 15.9. The van der Waals surface area contributed by atoms with Crippen LogP contribution in [-0.4, -0.2) is 40.9 Å². The summed E-state index contributed by atoms with van der Waals surface area (Å²) in [4.78, 5) is 27.8. The van der Waals surface area contributed by atoms with Crippen LogP contribution in [0.3, 0.4) is 0 Å². The Morgan fingerprint density at radius 3 is 2.85 bits per heavy atom. The van der Waals surface area contributed by atoms with Gasteiger partial charge in [-0.2, -0.15) is 0 Å². The molecular weight excluding hydrogens is 346 g/mol. The highest BCUT2D eigenvalue weighted by molar-refractivity contribution is 5.94. The van der Waals surface area contributed by atoms with E-state index in [4.69, 9.17) is 9.94 Å². The van der Waals surface area contributed by atoms with E-state index in [2.05, 4.69) is 12.1 Å². The minimum atomic E-state index is -1.05. The maximum Gasteiger partial charge on any atom is 0.344 e. The van der Waals surface area contributed by atoms with Crippen LogP contribution in [0.4, 0.5) is 0 Å². The maximum absolute atomic E-state index is 12.1. The van der Waals surface area contributed by atoms with Gasteiger partial charge in [-0.1, -0.05) is 17.7 Å². The lowest BCUT2D eigenvalue weighted by Gasteiger charge is -2.57. The first kappa shape index (κ1) is 18.7. The molecule has 148 valence electrons. The van der Waals surface area contributed by atoms with Crippen molar-refractivity contribution in [1.82, 2.24) is 0 Å². The van der Waals surface area contributed by atoms with E-state index < -0.39 is 12.6 Å².